The van der Waals surface area contributed by atoms with Crippen molar-refractivity contribution in [3.05, 3.63) is 66.1 Å². The second-order valence-electron chi connectivity index (χ2n) is 5.80. The van der Waals surface area contributed by atoms with Gasteiger partial charge >= 0.3 is 0 Å². The Labute approximate surface area is 149 Å². The van der Waals surface area contributed by atoms with Gasteiger partial charge < -0.3 is 4.98 Å². The number of carbonyl (C=O) groups is 1. The molecule has 0 fully saturated rings. The second-order valence-corrected chi connectivity index (χ2v) is 6.77. The molecule has 0 unspecified atom stereocenters. The van der Waals surface area contributed by atoms with Crippen molar-refractivity contribution >= 4 is 39.4 Å². The van der Waals surface area contributed by atoms with Crippen molar-refractivity contribution in [1.82, 2.24) is 15.0 Å². The Morgan fingerprint density at radius 3 is 2.80 bits per heavy atom. The Kier molecular flexibility index (Phi) is 4.24. The van der Waals surface area contributed by atoms with Gasteiger partial charge in [-0.25, -0.2) is 9.97 Å². The number of ketones is 1. The maximum Gasteiger partial charge on any atom is 0.175 e. The van der Waals surface area contributed by atoms with Crippen LogP contribution in [0.15, 0.2) is 60.0 Å². The summed E-state index contributed by atoms with van der Waals surface area (Å²) < 4.78 is 0. The van der Waals surface area contributed by atoms with Crippen LogP contribution in [-0.2, 0) is 6.42 Å². The minimum Gasteiger partial charge on any atom is -0.360 e. The van der Waals surface area contributed by atoms with E-state index in [0.717, 1.165) is 38.8 Å². The molecule has 0 aliphatic heterocycles. The summed E-state index contributed by atoms with van der Waals surface area (Å²) in [5.41, 5.74) is 3.93. The molecule has 2 heterocycles. The molecule has 1 N–H and O–H groups in total. The van der Waals surface area contributed by atoms with Crippen LogP contribution < -0.4 is 0 Å². The number of aromatic amines is 1. The molecular formula is C20H17N3OS. The number of Topliss-reactive ketones (excluding diaryl/α,β-unsaturated/α-hetero) is 1. The molecule has 4 nitrogen and oxygen atoms in total. The van der Waals surface area contributed by atoms with E-state index in [-0.39, 0.29) is 5.78 Å². The van der Waals surface area contributed by atoms with Crippen LogP contribution in [0, 0.1) is 0 Å². The first-order valence-corrected chi connectivity index (χ1v) is 9.21. The summed E-state index contributed by atoms with van der Waals surface area (Å²) in [5.74, 6) is 0.455. The molecule has 0 amide bonds. The third-order valence-electron chi connectivity index (χ3n) is 4.33. The number of hydrogen-bond donors (Lipinski definition) is 1. The predicted octanol–water partition coefficient (Wildman–Crippen LogP) is 4.65. The molecule has 5 heteroatoms. The van der Waals surface area contributed by atoms with Crippen LogP contribution in [0.1, 0.15) is 22.8 Å². The minimum atomic E-state index is 0.104. The molecule has 25 heavy (non-hydrogen) atoms. The lowest BCUT2D eigenvalue weighted by Crippen LogP contribution is -2.02. The molecule has 0 saturated heterocycles. The Morgan fingerprint density at radius 2 is 1.92 bits per heavy atom. The van der Waals surface area contributed by atoms with Gasteiger partial charge in [0.2, 0.25) is 0 Å². The lowest BCUT2D eigenvalue weighted by molar-refractivity contribution is 0.102. The Morgan fingerprint density at radius 1 is 1.08 bits per heavy atom. The summed E-state index contributed by atoms with van der Waals surface area (Å²) >= 11 is 1.46. The Bertz CT molecular complexity index is 1070. The van der Waals surface area contributed by atoms with Gasteiger partial charge in [0.1, 0.15) is 11.4 Å². The second kappa shape index (κ2) is 6.69. The molecule has 0 radical (unpaired) electrons. The monoisotopic (exact) mass is 347 g/mol. The molecule has 0 atom stereocenters. The number of aromatic nitrogens is 3. The highest BCUT2D eigenvalue weighted by molar-refractivity contribution is 8.00. The molecule has 0 spiro atoms. The van der Waals surface area contributed by atoms with Crippen molar-refractivity contribution in [1.29, 1.82) is 0 Å². The smallest absolute Gasteiger partial charge is 0.175 e. The quantitative estimate of drug-likeness (QED) is 0.324. The third kappa shape index (κ3) is 2.91. The zero-order valence-corrected chi connectivity index (χ0v) is 14.6. The van der Waals surface area contributed by atoms with Crippen LogP contribution in [0.2, 0.25) is 0 Å². The molecule has 124 valence electrons. The number of rotatable bonds is 5. The van der Waals surface area contributed by atoms with Gasteiger partial charge in [-0.2, -0.15) is 0 Å². The maximum atomic E-state index is 12.7. The summed E-state index contributed by atoms with van der Waals surface area (Å²) in [7, 11) is 0. The van der Waals surface area contributed by atoms with Gasteiger partial charge in [-0.3, -0.25) is 4.79 Å². The van der Waals surface area contributed by atoms with Crippen LogP contribution in [0.4, 0.5) is 0 Å². The van der Waals surface area contributed by atoms with Crippen molar-refractivity contribution in [3.63, 3.8) is 0 Å². The van der Waals surface area contributed by atoms with E-state index in [1.807, 2.05) is 42.6 Å². The normalized spacial score (nSPS) is 11.2. The van der Waals surface area contributed by atoms with E-state index in [4.69, 9.17) is 0 Å². The zero-order chi connectivity index (χ0) is 17.2. The van der Waals surface area contributed by atoms with Crippen molar-refractivity contribution in [2.45, 2.75) is 18.4 Å². The zero-order valence-electron chi connectivity index (χ0n) is 13.8. The molecule has 4 rings (SSSR count). The highest BCUT2D eigenvalue weighted by atomic mass is 32.2. The lowest BCUT2D eigenvalue weighted by Gasteiger charge is -2.04. The number of aryl methyl sites for hydroxylation is 1. The average Bonchev–Trinajstić information content (AvgIpc) is 3.10. The van der Waals surface area contributed by atoms with Gasteiger partial charge in [-0.05, 0) is 18.1 Å². The molecule has 2 aromatic heterocycles. The molecule has 4 aromatic rings. The van der Waals surface area contributed by atoms with Gasteiger partial charge in [0.15, 0.2) is 5.78 Å². The van der Waals surface area contributed by atoms with Crippen LogP contribution in [-0.4, -0.2) is 26.5 Å². The SMILES string of the molecule is CCc1cccc2c(C(=O)CSc3ncnc4ccccc34)c[nH]c12. The van der Waals surface area contributed by atoms with Crippen molar-refractivity contribution in [2.75, 3.05) is 5.75 Å². The first-order chi connectivity index (χ1) is 12.3. The Hall–Kier alpha value is -2.66. The van der Waals surface area contributed by atoms with E-state index in [1.54, 1.807) is 6.33 Å². The summed E-state index contributed by atoms with van der Waals surface area (Å²) in [6, 6.07) is 14.0. The number of H-pyrrole nitrogens is 1. The van der Waals surface area contributed by atoms with Crippen molar-refractivity contribution < 1.29 is 4.79 Å². The van der Waals surface area contributed by atoms with Crippen LogP contribution in [0.5, 0.6) is 0 Å². The third-order valence-corrected chi connectivity index (χ3v) is 5.33. The van der Waals surface area contributed by atoms with Crippen LogP contribution in [0.25, 0.3) is 21.8 Å². The summed E-state index contributed by atoms with van der Waals surface area (Å²) in [6.45, 7) is 2.12. The number of benzene rings is 2. The maximum absolute atomic E-state index is 12.7. The molecule has 2 aromatic carbocycles. The standard InChI is InChI=1S/C20H17N3OS/c1-2-13-6-5-8-14-16(10-21-19(13)14)18(24)11-25-20-15-7-3-4-9-17(15)22-12-23-20/h3-10,12,21H,2,11H2,1H3. The summed E-state index contributed by atoms with van der Waals surface area (Å²) in [4.78, 5) is 24.6. The largest absolute Gasteiger partial charge is 0.360 e. The topological polar surface area (TPSA) is 58.6 Å². The number of fused-ring (bicyclic) bond motifs is 2. The summed E-state index contributed by atoms with van der Waals surface area (Å²) in [6.07, 6.45) is 4.31. The van der Waals surface area contributed by atoms with Crippen molar-refractivity contribution in [3.8, 4) is 0 Å². The summed E-state index contributed by atoms with van der Waals surface area (Å²) in [5, 5.41) is 2.82. The number of para-hydroxylation sites is 2. The minimum absolute atomic E-state index is 0.104. The van der Waals surface area contributed by atoms with Crippen molar-refractivity contribution in [2.24, 2.45) is 0 Å². The predicted molar refractivity (Wildman–Crippen MR) is 102 cm³/mol. The highest BCUT2D eigenvalue weighted by Crippen LogP contribution is 2.27. The highest BCUT2D eigenvalue weighted by Gasteiger charge is 2.15. The number of carbonyl (C=O) groups excluding carboxylic acids is 1. The van der Waals surface area contributed by atoms with Gasteiger partial charge in [-0.1, -0.05) is 55.1 Å². The van der Waals surface area contributed by atoms with Gasteiger partial charge in [-0.15, -0.1) is 0 Å². The van der Waals surface area contributed by atoms with E-state index in [9.17, 15) is 4.79 Å². The number of hydrogen-bond acceptors (Lipinski definition) is 4. The fourth-order valence-corrected chi connectivity index (χ4v) is 3.92. The van der Waals surface area contributed by atoms with E-state index in [0.29, 0.717) is 5.75 Å². The average molecular weight is 347 g/mol. The number of nitrogens with zero attached hydrogens (tertiary/aromatic N) is 2. The molecule has 0 saturated carbocycles. The van der Waals surface area contributed by atoms with E-state index in [1.165, 1.54) is 17.3 Å². The Balaban J connectivity index is 1.60. The van der Waals surface area contributed by atoms with Crippen LogP contribution in [0.3, 0.4) is 0 Å². The lowest BCUT2D eigenvalue weighted by atomic mass is 10.1. The van der Waals surface area contributed by atoms with Gasteiger partial charge in [0.05, 0.1) is 11.3 Å². The fraction of sp³-hybridized carbons (Fsp3) is 0.150. The number of thioether (sulfide) groups is 1. The van der Waals surface area contributed by atoms with Gasteiger partial charge in [0, 0.05) is 28.0 Å². The molecular weight excluding hydrogens is 330 g/mol. The van der Waals surface area contributed by atoms with Crippen LogP contribution >= 0.6 is 11.8 Å². The van der Waals surface area contributed by atoms with E-state index >= 15 is 0 Å². The van der Waals surface area contributed by atoms with E-state index in [2.05, 4.69) is 27.9 Å². The van der Waals surface area contributed by atoms with E-state index < -0.39 is 0 Å². The number of nitrogens with one attached hydrogen (secondary N) is 1. The molecule has 0 aliphatic carbocycles. The van der Waals surface area contributed by atoms with Gasteiger partial charge in [0.25, 0.3) is 0 Å². The first-order valence-electron chi connectivity index (χ1n) is 8.22. The molecule has 0 aliphatic rings. The fourth-order valence-electron chi connectivity index (χ4n) is 3.05. The molecule has 0 bridgehead atoms. The first kappa shape index (κ1) is 15.8.